The summed E-state index contributed by atoms with van der Waals surface area (Å²) < 4.78 is 19.8. The van der Waals surface area contributed by atoms with Crippen molar-refractivity contribution in [2.24, 2.45) is 0 Å². The first kappa shape index (κ1) is 22.8. The maximum atomic E-state index is 13.7. The number of likely N-dealkylation sites (tertiary alicyclic amines) is 1. The first-order chi connectivity index (χ1) is 16.5. The van der Waals surface area contributed by atoms with Gasteiger partial charge in [-0.3, -0.25) is 9.59 Å². The first-order valence-electron chi connectivity index (χ1n) is 12.2. The Labute approximate surface area is 200 Å². The summed E-state index contributed by atoms with van der Waals surface area (Å²) in [5.74, 6) is -0.592. The fourth-order valence-electron chi connectivity index (χ4n) is 6.12. The van der Waals surface area contributed by atoms with Crippen LogP contribution in [0, 0.1) is 5.82 Å². The number of nitrogens with zero attached hydrogens (tertiary/aromatic N) is 1. The lowest BCUT2D eigenvalue weighted by molar-refractivity contribution is -0.130. The fourth-order valence-corrected chi connectivity index (χ4v) is 6.12. The molecule has 2 atom stereocenters. The molecule has 1 N–H and O–H groups in total. The third-order valence-electron chi connectivity index (χ3n) is 7.82. The molecule has 0 unspecified atom stereocenters. The second-order valence-electron chi connectivity index (χ2n) is 9.63. The number of benzene rings is 2. The van der Waals surface area contributed by atoms with Crippen molar-refractivity contribution in [2.75, 3.05) is 20.2 Å². The standard InChI is InChI=1S/C28H31FN2O3/c1-34-25-24(30-26(32)20-10-7-11-21(29)18-20)22-12-5-6-13-23(22)28(25)14-16-31(17-15-28)27(33)19-8-3-2-4-9-19/h5-8,10-13,18,24-25H,2-4,9,14-17H2,1H3,(H,30,32)/t24-,25+/m0/s1. The smallest absolute Gasteiger partial charge is 0.251 e. The Bertz CT molecular complexity index is 1120. The number of halogens is 1. The molecular weight excluding hydrogens is 431 g/mol. The van der Waals surface area contributed by atoms with Crippen molar-refractivity contribution in [2.45, 2.75) is 56.1 Å². The quantitative estimate of drug-likeness (QED) is 0.718. The molecule has 5 rings (SSSR count). The first-order valence-corrected chi connectivity index (χ1v) is 12.2. The van der Waals surface area contributed by atoms with Crippen molar-refractivity contribution < 1.29 is 18.7 Å². The zero-order chi connectivity index (χ0) is 23.7. The van der Waals surface area contributed by atoms with Crippen LogP contribution in [-0.2, 0) is 14.9 Å². The van der Waals surface area contributed by atoms with E-state index in [1.807, 2.05) is 23.1 Å². The summed E-state index contributed by atoms with van der Waals surface area (Å²) in [5.41, 5.74) is 3.17. The minimum Gasteiger partial charge on any atom is -0.378 e. The van der Waals surface area contributed by atoms with Gasteiger partial charge in [0.15, 0.2) is 0 Å². The lowest BCUT2D eigenvalue weighted by Crippen LogP contribution is -2.52. The average Bonchev–Trinajstić information content (AvgIpc) is 3.13. The minimum absolute atomic E-state index is 0.172. The summed E-state index contributed by atoms with van der Waals surface area (Å²) in [6.45, 7) is 1.32. The van der Waals surface area contributed by atoms with Crippen LogP contribution in [0.25, 0.3) is 0 Å². The van der Waals surface area contributed by atoms with Crippen LogP contribution >= 0.6 is 0 Å². The Balaban J connectivity index is 1.39. The van der Waals surface area contributed by atoms with Gasteiger partial charge in [-0.25, -0.2) is 4.39 Å². The summed E-state index contributed by atoms with van der Waals surface area (Å²) >= 11 is 0. The number of ether oxygens (including phenoxy) is 1. The van der Waals surface area contributed by atoms with E-state index in [1.165, 1.54) is 23.8 Å². The number of hydrogen-bond acceptors (Lipinski definition) is 3. The number of carbonyl (C=O) groups excluding carboxylic acids is 2. The van der Waals surface area contributed by atoms with E-state index in [-0.39, 0.29) is 34.9 Å². The van der Waals surface area contributed by atoms with Crippen LogP contribution in [0.4, 0.5) is 4.39 Å². The summed E-state index contributed by atoms with van der Waals surface area (Å²) in [7, 11) is 1.68. The van der Waals surface area contributed by atoms with E-state index < -0.39 is 5.82 Å². The number of piperidine rings is 1. The summed E-state index contributed by atoms with van der Waals surface area (Å²) in [4.78, 5) is 28.1. The molecule has 3 aliphatic rings. The molecule has 2 aromatic rings. The van der Waals surface area contributed by atoms with Gasteiger partial charge >= 0.3 is 0 Å². The molecule has 0 radical (unpaired) electrons. The van der Waals surface area contributed by atoms with Crippen LogP contribution in [-0.4, -0.2) is 43.0 Å². The molecule has 0 aromatic heterocycles. The number of rotatable bonds is 4. The van der Waals surface area contributed by atoms with Crippen LogP contribution < -0.4 is 5.32 Å². The maximum absolute atomic E-state index is 13.7. The van der Waals surface area contributed by atoms with Gasteiger partial charge in [-0.2, -0.15) is 0 Å². The summed E-state index contributed by atoms with van der Waals surface area (Å²) in [5, 5.41) is 3.12. The highest BCUT2D eigenvalue weighted by Crippen LogP contribution is 2.52. The molecule has 0 bridgehead atoms. The molecule has 178 valence electrons. The van der Waals surface area contributed by atoms with Gasteiger partial charge in [0.2, 0.25) is 5.91 Å². The Kier molecular flexibility index (Phi) is 6.26. The molecule has 6 heteroatoms. The number of allylic oxidation sites excluding steroid dienone is 1. The van der Waals surface area contributed by atoms with Gasteiger partial charge in [-0.15, -0.1) is 0 Å². The van der Waals surface area contributed by atoms with Crippen LogP contribution in [0.15, 0.2) is 60.2 Å². The molecule has 1 heterocycles. The highest BCUT2D eigenvalue weighted by atomic mass is 19.1. The van der Waals surface area contributed by atoms with Gasteiger partial charge in [0, 0.05) is 36.8 Å². The monoisotopic (exact) mass is 462 g/mol. The minimum atomic E-state index is -0.440. The largest absolute Gasteiger partial charge is 0.378 e. The SMILES string of the molecule is CO[C@@H]1[C@@H](NC(=O)c2cccc(F)c2)c2ccccc2C12CCN(C(=O)C1=CCCCC1)CC2. The topological polar surface area (TPSA) is 58.6 Å². The Hall–Kier alpha value is -2.99. The van der Waals surface area contributed by atoms with Crippen molar-refractivity contribution >= 4 is 11.8 Å². The zero-order valence-corrected chi connectivity index (χ0v) is 19.6. The van der Waals surface area contributed by atoms with Gasteiger partial charge in [-0.1, -0.05) is 36.4 Å². The van der Waals surface area contributed by atoms with E-state index in [1.54, 1.807) is 13.2 Å². The van der Waals surface area contributed by atoms with E-state index in [2.05, 4.69) is 17.5 Å². The van der Waals surface area contributed by atoms with Crippen LogP contribution in [0.2, 0.25) is 0 Å². The number of hydrogen-bond donors (Lipinski definition) is 1. The fraction of sp³-hybridized carbons (Fsp3) is 0.429. The van der Waals surface area contributed by atoms with Crippen molar-refractivity contribution in [3.05, 3.63) is 82.7 Å². The normalized spacial score (nSPS) is 23.4. The van der Waals surface area contributed by atoms with E-state index in [0.717, 1.165) is 49.7 Å². The zero-order valence-electron chi connectivity index (χ0n) is 19.6. The summed E-state index contributed by atoms with van der Waals surface area (Å²) in [6, 6.07) is 13.5. The number of fused-ring (bicyclic) bond motifs is 2. The molecule has 5 nitrogen and oxygen atoms in total. The maximum Gasteiger partial charge on any atom is 0.251 e. The van der Waals surface area contributed by atoms with E-state index in [9.17, 15) is 14.0 Å². The highest BCUT2D eigenvalue weighted by Gasteiger charge is 2.54. The van der Waals surface area contributed by atoms with Gasteiger partial charge < -0.3 is 15.0 Å². The number of carbonyl (C=O) groups is 2. The Morgan fingerprint density at radius 2 is 1.88 bits per heavy atom. The molecular formula is C28H31FN2O3. The second-order valence-corrected chi connectivity index (χ2v) is 9.63. The third kappa shape index (κ3) is 3.94. The van der Waals surface area contributed by atoms with Crippen molar-refractivity contribution in [1.82, 2.24) is 10.2 Å². The molecule has 1 spiro atoms. The van der Waals surface area contributed by atoms with Gasteiger partial charge in [0.1, 0.15) is 5.82 Å². The molecule has 2 amide bonds. The molecule has 1 aliphatic heterocycles. The predicted molar refractivity (Wildman–Crippen MR) is 128 cm³/mol. The van der Waals surface area contributed by atoms with E-state index in [4.69, 9.17) is 4.74 Å². The van der Waals surface area contributed by atoms with E-state index in [0.29, 0.717) is 13.1 Å². The molecule has 1 saturated heterocycles. The van der Waals surface area contributed by atoms with Crippen LogP contribution in [0.3, 0.4) is 0 Å². The molecule has 2 aliphatic carbocycles. The molecule has 34 heavy (non-hydrogen) atoms. The van der Waals surface area contributed by atoms with Gasteiger partial charge in [0.05, 0.1) is 12.1 Å². The lowest BCUT2D eigenvalue weighted by Gasteiger charge is -2.44. The average molecular weight is 463 g/mol. The molecule has 2 aromatic carbocycles. The Morgan fingerprint density at radius 1 is 1.09 bits per heavy atom. The second kappa shape index (κ2) is 9.34. The summed E-state index contributed by atoms with van der Waals surface area (Å²) in [6.07, 6.45) is 7.49. The van der Waals surface area contributed by atoms with Crippen molar-refractivity contribution in [1.29, 1.82) is 0 Å². The van der Waals surface area contributed by atoms with E-state index >= 15 is 0 Å². The predicted octanol–water partition coefficient (Wildman–Crippen LogP) is 4.69. The van der Waals surface area contributed by atoms with Gasteiger partial charge in [-0.05, 0) is 67.9 Å². The van der Waals surface area contributed by atoms with Crippen molar-refractivity contribution in [3.8, 4) is 0 Å². The number of nitrogens with one attached hydrogen (secondary N) is 1. The molecule has 1 fully saturated rings. The third-order valence-corrected chi connectivity index (χ3v) is 7.82. The number of methoxy groups -OCH3 is 1. The number of amides is 2. The van der Waals surface area contributed by atoms with Crippen LogP contribution in [0.1, 0.15) is 66.1 Å². The van der Waals surface area contributed by atoms with Crippen LogP contribution in [0.5, 0.6) is 0 Å². The van der Waals surface area contributed by atoms with Gasteiger partial charge in [0.25, 0.3) is 5.91 Å². The molecule has 0 saturated carbocycles. The van der Waals surface area contributed by atoms with Crippen molar-refractivity contribution in [3.63, 3.8) is 0 Å². The highest BCUT2D eigenvalue weighted by molar-refractivity contribution is 5.95. The Morgan fingerprint density at radius 3 is 2.59 bits per heavy atom. The lowest BCUT2D eigenvalue weighted by atomic mass is 9.71.